The molecule has 0 atom stereocenters. The number of benzene rings is 1. The number of rotatable bonds is 3. The van der Waals surface area contributed by atoms with Gasteiger partial charge in [0.1, 0.15) is 0 Å². The van der Waals surface area contributed by atoms with E-state index in [1.54, 1.807) is 6.08 Å². The van der Waals surface area contributed by atoms with Crippen molar-refractivity contribution in [3.8, 4) is 5.69 Å². The van der Waals surface area contributed by atoms with Crippen molar-refractivity contribution in [2.24, 2.45) is 0 Å². The number of carboxylic acids is 1. The van der Waals surface area contributed by atoms with Gasteiger partial charge in [-0.15, -0.1) is 0 Å². The van der Waals surface area contributed by atoms with E-state index in [9.17, 15) is 4.79 Å². The van der Waals surface area contributed by atoms with Gasteiger partial charge in [0.2, 0.25) is 0 Å². The number of aryl methyl sites for hydroxylation is 3. The van der Waals surface area contributed by atoms with Crippen LogP contribution in [0, 0.1) is 27.7 Å². The van der Waals surface area contributed by atoms with Gasteiger partial charge in [-0.2, -0.15) is 0 Å². The summed E-state index contributed by atoms with van der Waals surface area (Å²) in [5.41, 5.74) is 6.63. The van der Waals surface area contributed by atoms with Gasteiger partial charge in [-0.25, -0.2) is 4.79 Å². The Labute approximate surface area is 119 Å². The van der Waals surface area contributed by atoms with Crippen LogP contribution in [0.4, 0.5) is 0 Å². The SMILES string of the molecule is Cc1cc(C)cc(-n2c(C)cc(/C=C/C(=O)O)c2C)c1. The van der Waals surface area contributed by atoms with Crippen molar-refractivity contribution in [2.75, 3.05) is 0 Å². The second-order valence-corrected chi connectivity index (χ2v) is 5.18. The van der Waals surface area contributed by atoms with E-state index in [4.69, 9.17) is 5.11 Å². The third-order valence-electron chi connectivity index (χ3n) is 3.34. The number of hydrogen-bond donors (Lipinski definition) is 1. The average Bonchev–Trinajstić information content (AvgIpc) is 2.60. The van der Waals surface area contributed by atoms with E-state index in [0.717, 1.165) is 22.6 Å². The normalized spacial score (nSPS) is 11.2. The maximum atomic E-state index is 10.6. The third kappa shape index (κ3) is 2.82. The lowest BCUT2D eigenvalue weighted by molar-refractivity contribution is -0.131. The highest BCUT2D eigenvalue weighted by Crippen LogP contribution is 2.23. The van der Waals surface area contributed by atoms with Crippen LogP contribution in [0.3, 0.4) is 0 Å². The first-order valence-electron chi connectivity index (χ1n) is 6.57. The van der Waals surface area contributed by atoms with Gasteiger partial charge in [-0.3, -0.25) is 0 Å². The summed E-state index contributed by atoms with van der Waals surface area (Å²) in [6, 6.07) is 8.42. The Morgan fingerprint density at radius 1 is 1.05 bits per heavy atom. The van der Waals surface area contributed by atoms with Crippen LogP contribution in [-0.4, -0.2) is 15.6 Å². The summed E-state index contributed by atoms with van der Waals surface area (Å²) in [5.74, 6) is -0.929. The van der Waals surface area contributed by atoms with Crippen molar-refractivity contribution >= 4 is 12.0 Å². The smallest absolute Gasteiger partial charge is 0.328 e. The molecule has 104 valence electrons. The molecule has 1 aromatic heterocycles. The average molecular weight is 269 g/mol. The zero-order valence-electron chi connectivity index (χ0n) is 12.3. The second kappa shape index (κ2) is 5.37. The van der Waals surface area contributed by atoms with Gasteiger partial charge in [-0.1, -0.05) is 6.07 Å². The van der Waals surface area contributed by atoms with Gasteiger partial charge < -0.3 is 9.67 Å². The molecule has 0 saturated heterocycles. The molecule has 0 amide bonds. The number of nitrogens with zero attached hydrogens (tertiary/aromatic N) is 1. The van der Waals surface area contributed by atoms with Gasteiger partial charge >= 0.3 is 5.97 Å². The van der Waals surface area contributed by atoms with E-state index >= 15 is 0 Å². The van der Waals surface area contributed by atoms with Crippen molar-refractivity contribution in [1.29, 1.82) is 0 Å². The molecular formula is C17H19NO2. The summed E-state index contributed by atoms with van der Waals surface area (Å²) in [6.45, 7) is 8.20. The Kier molecular flexibility index (Phi) is 3.79. The zero-order valence-corrected chi connectivity index (χ0v) is 12.3. The Morgan fingerprint density at radius 3 is 2.20 bits per heavy atom. The van der Waals surface area contributed by atoms with Crippen molar-refractivity contribution in [3.63, 3.8) is 0 Å². The fraction of sp³-hybridized carbons (Fsp3) is 0.235. The maximum Gasteiger partial charge on any atom is 0.328 e. The predicted molar refractivity (Wildman–Crippen MR) is 81.4 cm³/mol. The minimum Gasteiger partial charge on any atom is -0.478 e. The lowest BCUT2D eigenvalue weighted by Gasteiger charge is -2.11. The van der Waals surface area contributed by atoms with Crippen LogP contribution in [0.2, 0.25) is 0 Å². The molecule has 3 heteroatoms. The van der Waals surface area contributed by atoms with E-state index in [1.807, 2.05) is 19.9 Å². The maximum absolute atomic E-state index is 10.6. The Balaban J connectivity index is 2.55. The largest absolute Gasteiger partial charge is 0.478 e. The number of hydrogen-bond acceptors (Lipinski definition) is 1. The summed E-state index contributed by atoms with van der Waals surface area (Å²) in [7, 11) is 0. The van der Waals surface area contributed by atoms with E-state index < -0.39 is 5.97 Å². The van der Waals surface area contributed by atoms with Crippen LogP contribution in [0.25, 0.3) is 11.8 Å². The van der Waals surface area contributed by atoms with Crippen molar-refractivity contribution in [1.82, 2.24) is 4.57 Å². The van der Waals surface area contributed by atoms with Crippen LogP contribution in [0.5, 0.6) is 0 Å². The summed E-state index contributed by atoms with van der Waals surface area (Å²) < 4.78 is 2.15. The molecule has 0 bridgehead atoms. The van der Waals surface area contributed by atoms with Crippen LogP contribution >= 0.6 is 0 Å². The molecule has 1 heterocycles. The standard InChI is InChI=1S/C17H19NO2/c1-11-7-12(2)9-16(8-11)18-13(3)10-15(14(18)4)5-6-17(19)20/h5-10H,1-4H3,(H,19,20)/b6-5+. The van der Waals surface area contributed by atoms with Crippen LogP contribution in [0.1, 0.15) is 28.1 Å². The lowest BCUT2D eigenvalue weighted by Crippen LogP contribution is -2.00. The van der Waals surface area contributed by atoms with Gasteiger partial charge in [0.15, 0.2) is 0 Å². The first-order chi connectivity index (χ1) is 9.38. The van der Waals surface area contributed by atoms with Crippen LogP contribution < -0.4 is 0 Å². The molecule has 1 N–H and O–H groups in total. The molecule has 2 rings (SSSR count). The molecular weight excluding hydrogens is 250 g/mol. The van der Waals surface area contributed by atoms with Crippen LogP contribution in [-0.2, 0) is 4.79 Å². The fourth-order valence-corrected chi connectivity index (χ4v) is 2.59. The quantitative estimate of drug-likeness (QED) is 0.861. The van der Waals surface area contributed by atoms with E-state index in [0.29, 0.717) is 0 Å². The third-order valence-corrected chi connectivity index (χ3v) is 3.34. The molecule has 3 nitrogen and oxygen atoms in total. The van der Waals surface area contributed by atoms with Crippen molar-refractivity contribution < 1.29 is 9.90 Å². The lowest BCUT2D eigenvalue weighted by atomic mass is 10.1. The molecule has 2 aromatic rings. The minimum atomic E-state index is -0.929. The number of carboxylic acid groups (broad SMARTS) is 1. The van der Waals surface area contributed by atoms with E-state index in [1.165, 1.54) is 17.2 Å². The topological polar surface area (TPSA) is 42.2 Å². The molecule has 0 fully saturated rings. The van der Waals surface area contributed by atoms with E-state index in [2.05, 4.69) is 36.6 Å². The van der Waals surface area contributed by atoms with Gasteiger partial charge in [0.25, 0.3) is 0 Å². The molecule has 0 unspecified atom stereocenters. The zero-order chi connectivity index (χ0) is 14.9. The number of carbonyl (C=O) groups is 1. The molecule has 1 aromatic carbocycles. The fourth-order valence-electron chi connectivity index (χ4n) is 2.59. The number of aromatic nitrogens is 1. The van der Waals surface area contributed by atoms with Gasteiger partial charge in [0, 0.05) is 23.2 Å². The highest BCUT2D eigenvalue weighted by Gasteiger charge is 2.09. The molecule has 0 aliphatic rings. The molecule has 0 radical (unpaired) electrons. The molecule has 0 saturated carbocycles. The van der Waals surface area contributed by atoms with Crippen LogP contribution in [0.15, 0.2) is 30.3 Å². The van der Waals surface area contributed by atoms with Gasteiger partial charge in [-0.05, 0) is 68.7 Å². The Bertz CT molecular complexity index is 673. The van der Waals surface area contributed by atoms with E-state index in [-0.39, 0.29) is 0 Å². The highest BCUT2D eigenvalue weighted by molar-refractivity contribution is 5.85. The van der Waals surface area contributed by atoms with Gasteiger partial charge in [0.05, 0.1) is 0 Å². The first-order valence-corrected chi connectivity index (χ1v) is 6.57. The predicted octanol–water partition coefficient (Wildman–Crippen LogP) is 3.81. The second-order valence-electron chi connectivity index (χ2n) is 5.18. The summed E-state index contributed by atoms with van der Waals surface area (Å²) >= 11 is 0. The monoisotopic (exact) mass is 269 g/mol. The summed E-state index contributed by atoms with van der Waals surface area (Å²) in [5, 5.41) is 8.74. The Morgan fingerprint density at radius 2 is 1.65 bits per heavy atom. The summed E-state index contributed by atoms with van der Waals surface area (Å²) in [4.78, 5) is 10.6. The first kappa shape index (κ1) is 14.1. The molecule has 0 aliphatic heterocycles. The molecule has 0 aliphatic carbocycles. The molecule has 20 heavy (non-hydrogen) atoms. The molecule has 0 spiro atoms. The minimum absolute atomic E-state index is 0.929. The van der Waals surface area contributed by atoms with Crippen molar-refractivity contribution in [2.45, 2.75) is 27.7 Å². The Hall–Kier alpha value is -2.29. The summed E-state index contributed by atoms with van der Waals surface area (Å²) in [6.07, 6.45) is 2.82. The van der Waals surface area contributed by atoms with Crippen molar-refractivity contribution in [3.05, 3.63) is 58.4 Å². The number of aliphatic carboxylic acids is 1. The highest BCUT2D eigenvalue weighted by atomic mass is 16.4.